The van der Waals surface area contributed by atoms with E-state index in [2.05, 4.69) is 10.3 Å². The van der Waals surface area contributed by atoms with Gasteiger partial charge in [-0.25, -0.2) is 4.98 Å². The Morgan fingerprint density at radius 3 is 3.24 bits per heavy atom. The molecule has 1 aromatic heterocycles. The van der Waals surface area contributed by atoms with Crippen LogP contribution in [0, 0.1) is 0 Å². The summed E-state index contributed by atoms with van der Waals surface area (Å²) in [6.45, 7) is 3.26. The van der Waals surface area contributed by atoms with Crippen LogP contribution in [0.2, 0.25) is 0 Å². The normalized spacial score (nSPS) is 23.8. The van der Waals surface area contributed by atoms with Crippen LogP contribution < -0.4 is 5.32 Å². The van der Waals surface area contributed by atoms with Crippen molar-refractivity contribution in [1.82, 2.24) is 10.3 Å². The maximum absolute atomic E-state index is 11.9. The first-order valence-electron chi connectivity index (χ1n) is 6.01. The zero-order chi connectivity index (χ0) is 12.1. The summed E-state index contributed by atoms with van der Waals surface area (Å²) in [6, 6.07) is 0. The maximum atomic E-state index is 11.9. The predicted octanol–water partition coefficient (Wildman–Crippen LogP) is 1.76. The van der Waals surface area contributed by atoms with Crippen LogP contribution in [0.4, 0.5) is 0 Å². The summed E-state index contributed by atoms with van der Waals surface area (Å²) in [4.78, 5) is 16.1. The molecular weight excluding hydrogens is 236 g/mol. The molecule has 2 rings (SSSR count). The molecule has 1 unspecified atom stereocenters. The van der Waals surface area contributed by atoms with E-state index in [1.165, 1.54) is 0 Å². The summed E-state index contributed by atoms with van der Waals surface area (Å²) < 4.78 is 5.48. The molecule has 0 radical (unpaired) electrons. The Balaban J connectivity index is 1.66. The van der Waals surface area contributed by atoms with Gasteiger partial charge in [0.2, 0.25) is 0 Å². The highest BCUT2D eigenvalue weighted by atomic mass is 32.1. The Kier molecular flexibility index (Phi) is 4.12. The molecule has 1 atom stereocenters. The molecule has 5 heteroatoms. The van der Waals surface area contributed by atoms with Gasteiger partial charge in [-0.2, -0.15) is 0 Å². The van der Waals surface area contributed by atoms with E-state index in [9.17, 15) is 4.79 Å². The molecule has 1 N–H and O–H groups in total. The van der Waals surface area contributed by atoms with E-state index < -0.39 is 5.60 Å². The van der Waals surface area contributed by atoms with Gasteiger partial charge >= 0.3 is 0 Å². The molecule has 2 heterocycles. The number of thiazole rings is 1. The third kappa shape index (κ3) is 3.26. The lowest BCUT2D eigenvalue weighted by atomic mass is 10.0. The van der Waals surface area contributed by atoms with Crippen LogP contribution in [0.25, 0.3) is 0 Å². The number of aromatic nitrogens is 1. The number of hydrogen-bond donors (Lipinski definition) is 1. The van der Waals surface area contributed by atoms with Crippen molar-refractivity contribution < 1.29 is 9.53 Å². The molecular formula is C12H18N2O2S. The molecule has 0 aromatic carbocycles. The fourth-order valence-electron chi connectivity index (χ4n) is 1.96. The molecule has 0 saturated carbocycles. The van der Waals surface area contributed by atoms with Crippen molar-refractivity contribution in [2.24, 2.45) is 0 Å². The lowest BCUT2D eigenvalue weighted by Gasteiger charge is -2.21. The first-order valence-corrected chi connectivity index (χ1v) is 6.89. The van der Waals surface area contributed by atoms with E-state index in [1.807, 2.05) is 18.5 Å². The van der Waals surface area contributed by atoms with E-state index >= 15 is 0 Å². The molecule has 0 bridgehead atoms. The van der Waals surface area contributed by atoms with E-state index in [4.69, 9.17) is 4.74 Å². The van der Waals surface area contributed by atoms with Crippen molar-refractivity contribution in [3.8, 4) is 0 Å². The average molecular weight is 254 g/mol. The highest BCUT2D eigenvalue weighted by Gasteiger charge is 2.37. The van der Waals surface area contributed by atoms with Crippen LogP contribution >= 0.6 is 11.3 Å². The number of rotatable bonds is 5. The van der Waals surface area contributed by atoms with Crippen LogP contribution in [0.3, 0.4) is 0 Å². The Morgan fingerprint density at radius 2 is 2.59 bits per heavy atom. The molecule has 94 valence electrons. The van der Waals surface area contributed by atoms with E-state index in [0.717, 1.165) is 30.7 Å². The first-order chi connectivity index (χ1) is 8.21. The Bertz CT molecular complexity index is 359. The van der Waals surface area contributed by atoms with Crippen LogP contribution in [0.1, 0.15) is 31.2 Å². The molecule has 1 fully saturated rings. The summed E-state index contributed by atoms with van der Waals surface area (Å²) in [5.74, 6) is 0.0224. The fourth-order valence-corrected chi connectivity index (χ4v) is 2.63. The molecule has 1 aliphatic rings. The standard InChI is InChI=1S/C12H18N2O2S/c1-12(5-3-8-16-12)11(15)14-6-2-4-10-13-7-9-17-10/h7,9H,2-6,8H2,1H3,(H,14,15). The van der Waals surface area contributed by atoms with Gasteiger partial charge in [0.05, 0.1) is 5.01 Å². The average Bonchev–Trinajstić information content (AvgIpc) is 2.96. The molecule has 1 amide bonds. The molecule has 1 aliphatic heterocycles. The van der Waals surface area contributed by atoms with Gasteiger partial charge < -0.3 is 10.1 Å². The molecule has 17 heavy (non-hydrogen) atoms. The van der Waals surface area contributed by atoms with Gasteiger partial charge in [0.15, 0.2) is 0 Å². The number of nitrogens with one attached hydrogen (secondary N) is 1. The van der Waals surface area contributed by atoms with Gasteiger partial charge in [0.25, 0.3) is 5.91 Å². The van der Waals surface area contributed by atoms with Gasteiger partial charge in [-0.1, -0.05) is 0 Å². The van der Waals surface area contributed by atoms with Crippen LogP contribution in [-0.4, -0.2) is 29.6 Å². The Labute approximate surface area is 105 Å². The van der Waals surface area contributed by atoms with E-state index in [0.29, 0.717) is 13.2 Å². The maximum Gasteiger partial charge on any atom is 0.251 e. The second-order valence-corrected chi connectivity index (χ2v) is 5.45. The minimum atomic E-state index is -0.596. The summed E-state index contributed by atoms with van der Waals surface area (Å²) in [7, 11) is 0. The topological polar surface area (TPSA) is 51.2 Å². The van der Waals surface area contributed by atoms with Gasteiger partial charge in [-0.15, -0.1) is 11.3 Å². The van der Waals surface area contributed by atoms with Crippen LogP contribution in [0.5, 0.6) is 0 Å². The molecule has 0 aliphatic carbocycles. The monoisotopic (exact) mass is 254 g/mol. The molecule has 4 nitrogen and oxygen atoms in total. The SMILES string of the molecule is CC1(C(=O)NCCCc2nccs2)CCCO1. The van der Waals surface area contributed by atoms with Crippen LogP contribution in [-0.2, 0) is 16.0 Å². The molecule has 0 spiro atoms. The fraction of sp³-hybridized carbons (Fsp3) is 0.667. The lowest BCUT2D eigenvalue weighted by molar-refractivity contribution is -0.139. The lowest BCUT2D eigenvalue weighted by Crippen LogP contribution is -2.44. The molecule has 1 aromatic rings. The summed E-state index contributed by atoms with van der Waals surface area (Å²) in [6.07, 6.45) is 5.46. The number of carbonyl (C=O) groups is 1. The highest BCUT2D eigenvalue weighted by Crippen LogP contribution is 2.24. The third-order valence-electron chi connectivity index (χ3n) is 3.04. The zero-order valence-corrected chi connectivity index (χ0v) is 10.9. The minimum Gasteiger partial charge on any atom is -0.365 e. The van der Waals surface area contributed by atoms with Crippen molar-refractivity contribution >= 4 is 17.2 Å². The third-order valence-corrected chi connectivity index (χ3v) is 3.87. The Hall–Kier alpha value is -0.940. The van der Waals surface area contributed by atoms with Crippen molar-refractivity contribution in [3.63, 3.8) is 0 Å². The highest BCUT2D eigenvalue weighted by molar-refractivity contribution is 7.09. The summed E-state index contributed by atoms with van der Waals surface area (Å²) in [5.41, 5.74) is -0.596. The number of hydrogen-bond acceptors (Lipinski definition) is 4. The summed E-state index contributed by atoms with van der Waals surface area (Å²) >= 11 is 1.66. The number of carbonyl (C=O) groups excluding carboxylic acids is 1. The number of amides is 1. The largest absolute Gasteiger partial charge is 0.365 e. The van der Waals surface area contributed by atoms with E-state index in [1.54, 1.807) is 11.3 Å². The number of aryl methyl sites for hydroxylation is 1. The van der Waals surface area contributed by atoms with Gasteiger partial charge in [-0.3, -0.25) is 4.79 Å². The van der Waals surface area contributed by atoms with Gasteiger partial charge in [-0.05, 0) is 26.2 Å². The van der Waals surface area contributed by atoms with E-state index in [-0.39, 0.29) is 5.91 Å². The second-order valence-electron chi connectivity index (χ2n) is 4.47. The minimum absolute atomic E-state index is 0.0224. The van der Waals surface area contributed by atoms with Crippen molar-refractivity contribution in [2.75, 3.05) is 13.2 Å². The van der Waals surface area contributed by atoms with Crippen LogP contribution in [0.15, 0.2) is 11.6 Å². The zero-order valence-electron chi connectivity index (χ0n) is 10.1. The van der Waals surface area contributed by atoms with Crippen molar-refractivity contribution in [2.45, 2.75) is 38.2 Å². The predicted molar refractivity (Wildman–Crippen MR) is 67.0 cm³/mol. The molecule has 1 saturated heterocycles. The Morgan fingerprint density at radius 1 is 1.71 bits per heavy atom. The number of ether oxygens (including phenoxy) is 1. The quantitative estimate of drug-likeness (QED) is 0.815. The van der Waals surface area contributed by atoms with Crippen molar-refractivity contribution in [1.29, 1.82) is 0 Å². The van der Waals surface area contributed by atoms with Crippen molar-refractivity contribution in [3.05, 3.63) is 16.6 Å². The van der Waals surface area contributed by atoms with Gasteiger partial charge in [0, 0.05) is 31.1 Å². The number of nitrogens with zero attached hydrogens (tertiary/aromatic N) is 1. The first kappa shape index (κ1) is 12.5. The second kappa shape index (κ2) is 5.60. The summed E-state index contributed by atoms with van der Waals surface area (Å²) in [5, 5.41) is 6.04. The van der Waals surface area contributed by atoms with Gasteiger partial charge in [0.1, 0.15) is 5.60 Å². The smallest absolute Gasteiger partial charge is 0.251 e.